The van der Waals surface area contributed by atoms with E-state index < -0.39 is 40.7 Å². The van der Waals surface area contributed by atoms with Gasteiger partial charge in [-0.05, 0) is 50.5 Å². The Morgan fingerprint density at radius 1 is 1.32 bits per heavy atom. The molecule has 2 bridgehead atoms. The van der Waals surface area contributed by atoms with Crippen LogP contribution in [0.5, 0.6) is 0 Å². The molecule has 10 atom stereocenters. The second kappa shape index (κ2) is 12.5. The number of aliphatic hydroxyl groups is 2. The summed E-state index contributed by atoms with van der Waals surface area (Å²) in [5.74, 6) is -0.591. The van der Waals surface area contributed by atoms with Crippen molar-refractivity contribution in [3.05, 3.63) is 23.8 Å². The smallest absolute Gasteiger partial charge is 0.306 e. The topological polar surface area (TPSA) is 119 Å². The number of esters is 2. The van der Waals surface area contributed by atoms with Gasteiger partial charge >= 0.3 is 11.9 Å². The molecule has 1 aliphatic carbocycles. The minimum absolute atomic E-state index is 0.00932. The van der Waals surface area contributed by atoms with Crippen molar-refractivity contribution in [2.75, 3.05) is 18.6 Å². The summed E-state index contributed by atoms with van der Waals surface area (Å²) >= 11 is 0. The van der Waals surface area contributed by atoms with Crippen molar-refractivity contribution >= 4 is 22.7 Å². The van der Waals surface area contributed by atoms with Gasteiger partial charge in [0.25, 0.3) is 0 Å². The summed E-state index contributed by atoms with van der Waals surface area (Å²) in [7, 11) is -1.06. The monoisotopic (exact) mass is 540 g/mol. The van der Waals surface area contributed by atoms with Crippen LogP contribution in [0.2, 0.25) is 0 Å². The molecular weight excluding hydrogens is 496 g/mol. The maximum absolute atomic E-state index is 12.5. The second-order valence-electron chi connectivity index (χ2n) is 11.3. The highest BCUT2D eigenvalue weighted by atomic mass is 32.2. The Hall–Kier alpha value is -1.55. The Morgan fingerprint density at radius 3 is 2.68 bits per heavy atom. The number of fused-ring (bicyclic) bond motifs is 5. The van der Waals surface area contributed by atoms with Gasteiger partial charge in [-0.15, -0.1) is 0 Å². The molecular formula is C28H44O8S. The van der Waals surface area contributed by atoms with Crippen LogP contribution in [-0.4, -0.2) is 75.0 Å². The minimum atomic E-state index is -1.55. The van der Waals surface area contributed by atoms with Gasteiger partial charge < -0.3 is 24.4 Å². The van der Waals surface area contributed by atoms with E-state index in [1.165, 1.54) is 5.57 Å². The first-order chi connectivity index (χ1) is 17.4. The molecule has 0 aromatic rings. The molecule has 37 heavy (non-hydrogen) atoms. The van der Waals surface area contributed by atoms with Crippen molar-refractivity contribution in [1.82, 2.24) is 0 Å². The van der Waals surface area contributed by atoms with Crippen LogP contribution in [-0.2, 0) is 34.6 Å². The third kappa shape index (κ3) is 6.91. The molecule has 0 saturated carbocycles. The molecule has 0 aromatic carbocycles. The van der Waals surface area contributed by atoms with Gasteiger partial charge in [-0.25, -0.2) is 0 Å². The molecule has 0 radical (unpaired) electrons. The molecule has 8 nitrogen and oxygen atoms in total. The number of hydrogen-bond acceptors (Lipinski definition) is 8. The molecule has 210 valence electrons. The highest BCUT2D eigenvalue weighted by Crippen LogP contribution is 2.54. The maximum atomic E-state index is 12.5. The van der Waals surface area contributed by atoms with E-state index in [2.05, 4.69) is 19.6 Å². The SMILES string of the molecule is C=C1C[C@H]2O[C@H]([C@@H]3[C@@H]([C@@H](C)COC(=O)CCS(C)=O)CC=C(C)[C@@H]32)[C@](C)(O)[C@@H](OC(=O)CCC)C[C@@H]1O. The summed E-state index contributed by atoms with van der Waals surface area (Å²) in [6, 6.07) is 0. The summed E-state index contributed by atoms with van der Waals surface area (Å²) in [5, 5.41) is 22.8. The number of aliphatic hydroxyl groups excluding tert-OH is 1. The van der Waals surface area contributed by atoms with Crippen LogP contribution < -0.4 is 0 Å². The Kier molecular flexibility index (Phi) is 10.2. The summed E-state index contributed by atoms with van der Waals surface area (Å²) in [6.07, 6.45) is 3.15. The van der Waals surface area contributed by atoms with E-state index in [1.54, 1.807) is 13.2 Å². The van der Waals surface area contributed by atoms with E-state index in [1.807, 2.05) is 13.8 Å². The fourth-order valence-electron chi connectivity index (χ4n) is 6.24. The first-order valence-corrected chi connectivity index (χ1v) is 15.1. The Morgan fingerprint density at radius 2 is 2.03 bits per heavy atom. The van der Waals surface area contributed by atoms with Gasteiger partial charge in [0.05, 0.1) is 31.3 Å². The third-order valence-corrected chi connectivity index (χ3v) is 9.16. The molecule has 3 rings (SSSR count). The second-order valence-corrected chi connectivity index (χ2v) is 12.9. The zero-order valence-corrected chi connectivity index (χ0v) is 23.6. The van der Waals surface area contributed by atoms with Crippen LogP contribution in [0, 0.1) is 23.7 Å². The molecule has 1 unspecified atom stereocenters. The molecule has 9 heteroatoms. The van der Waals surface area contributed by atoms with Crippen molar-refractivity contribution in [3.63, 3.8) is 0 Å². The molecule has 0 aromatic heterocycles. The highest BCUT2D eigenvalue weighted by Gasteiger charge is 2.59. The van der Waals surface area contributed by atoms with Crippen LogP contribution in [0.3, 0.4) is 0 Å². The summed E-state index contributed by atoms with van der Waals surface area (Å²) in [6.45, 7) is 11.9. The predicted octanol–water partition coefficient (Wildman–Crippen LogP) is 3.07. The van der Waals surface area contributed by atoms with Gasteiger partial charge in [-0.2, -0.15) is 0 Å². The maximum Gasteiger partial charge on any atom is 0.306 e. The van der Waals surface area contributed by atoms with E-state index in [4.69, 9.17) is 14.2 Å². The van der Waals surface area contributed by atoms with Crippen LogP contribution in [0.25, 0.3) is 0 Å². The quantitative estimate of drug-likeness (QED) is 0.338. The van der Waals surface area contributed by atoms with Gasteiger partial charge in [-0.1, -0.05) is 32.1 Å². The molecule has 0 amide bonds. The van der Waals surface area contributed by atoms with Crippen LogP contribution in [0.15, 0.2) is 23.8 Å². The lowest BCUT2D eigenvalue weighted by Crippen LogP contribution is -2.56. The Labute approximate surface area is 223 Å². The summed E-state index contributed by atoms with van der Waals surface area (Å²) < 4.78 is 29.2. The number of rotatable bonds is 9. The largest absolute Gasteiger partial charge is 0.465 e. The van der Waals surface area contributed by atoms with Crippen molar-refractivity contribution in [2.45, 2.75) is 96.2 Å². The summed E-state index contributed by atoms with van der Waals surface area (Å²) in [5.41, 5.74) is 0.217. The average Bonchev–Trinajstić information content (AvgIpc) is 3.22. The number of carbonyl (C=O) groups excluding carboxylic acids is 2. The molecule has 2 heterocycles. The highest BCUT2D eigenvalue weighted by molar-refractivity contribution is 7.84. The molecule has 2 N–H and O–H groups in total. The number of carbonyl (C=O) groups is 2. The van der Waals surface area contributed by atoms with Crippen molar-refractivity contribution in [2.24, 2.45) is 23.7 Å². The lowest BCUT2D eigenvalue weighted by atomic mass is 9.62. The molecule has 2 aliphatic heterocycles. The minimum Gasteiger partial charge on any atom is -0.465 e. The van der Waals surface area contributed by atoms with E-state index in [9.17, 15) is 24.0 Å². The Balaban J connectivity index is 1.89. The zero-order chi connectivity index (χ0) is 27.5. The van der Waals surface area contributed by atoms with Gasteiger partial charge in [0, 0.05) is 47.5 Å². The number of hydrogen-bond donors (Lipinski definition) is 2. The first kappa shape index (κ1) is 30.0. The molecule has 0 spiro atoms. The van der Waals surface area contributed by atoms with Crippen molar-refractivity contribution in [3.8, 4) is 0 Å². The van der Waals surface area contributed by atoms with E-state index in [0.717, 1.165) is 6.42 Å². The normalized spacial score (nSPS) is 37.3. The van der Waals surface area contributed by atoms with Crippen molar-refractivity contribution < 1.29 is 38.2 Å². The lowest BCUT2D eigenvalue weighted by Gasteiger charge is -2.45. The number of allylic oxidation sites excluding steroid dienone is 1. The molecule has 2 fully saturated rings. The fraction of sp³-hybridized carbons (Fsp3) is 0.786. The van der Waals surface area contributed by atoms with Crippen LogP contribution in [0.1, 0.15) is 66.2 Å². The zero-order valence-electron chi connectivity index (χ0n) is 22.8. The predicted molar refractivity (Wildman–Crippen MR) is 141 cm³/mol. The Bertz CT molecular complexity index is 912. The van der Waals surface area contributed by atoms with Gasteiger partial charge in [0.2, 0.25) is 0 Å². The van der Waals surface area contributed by atoms with Gasteiger partial charge in [0.15, 0.2) is 0 Å². The molecule has 3 aliphatic rings. The first-order valence-electron chi connectivity index (χ1n) is 13.4. The summed E-state index contributed by atoms with van der Waals surface area (Å²) in [4.78, 5) is 24.7. The fourth-order valence-corrected chi connectivity index (χ4v) is 6.69. The van der Waals surface area contributed by atoms with E-state index in [-0.39, 0.29) is 67.4 Å². The standard InChI is InChI=1S/C28H44O8S/c1-7-8-24(31)36-22-14-20(29)17(3)13-21-25-16(2)9-10-19(26(25)27(35-21)28(22,5)32)18(4)15-34-23(30)11-12-37(6)33/h9,18-22,25-27,29,32H,3,7-8,10-15H2,1-2,4-6H3/t18-,19+,20-,21+,22-,25+,26+,27+,28+,37?/m0/s1. The molecule has 2 saturated heterocycles. The van der Waals surface area contributed by atoms with E-state index >= 15 is 0 Å². The third-order valence-electron chi connectivity index (χ3n) is 8.38. The van der Waals surface area contributed by atoms with E-state index in [0.29, 0.717) is 18.4 Å². The van der Waals surface area contributed by atoms with Crippen LogP contribution in [0.4, 0.5) is 0 Å². The average molecular weight is 541 g/mol. The van der Waals surface area contributed by atoms with Crippen LogP contribution >= 0.6 is 0 Å². The lowest BCUT2D eigenvalue weighted by molar-refractivity contribution is -0.193. The number of ether oxygens (including phenoxy) is 3. The van der Waals surface area contributed by atoms with Gasteiger partial charge in [-0.3, -0.25) is 13.8 Å². The van der Waals surface area contributed by atoms with Gasteiger partial charge in [0.1, 0.15) is 11.7 Å². The van der Waals surface area contributed by atoms with Crippen molar-refractivity contribution in [1.29, 1.82) is 0 Å².